The van der Waals surface area contributed by atoms with Gasteiger partial charge in [-0.1, -0.05) is 19.3 Å². The summed E-state index contributed by atoms with van der Waals surface area (Å²) >= 11 is 0. The molecule has 0 bridgehead atoms. The molecule has 2 atom stereocenters. The number of nitrogens with zero attached hydrogens (tertiary/aromatic N) is 1. The number of rotatable bonds is 2. The van der Waals surface area contributed by atoms with Crippen molar-refractivity contribution >= 4 is 11.8 Å². The molecule has 0 spiro atoms. The second-order valence-corrected chi connectivity index (χ2v) is 6.57. The van der Waals surface area contributed by atoms with Crippen LogP contribution in [0, 0.1) is 0 Å². The molecule has 1 saturated carbocycles. The van der Waals surface area contributed by atoms with Gasteiger partial charge in [0, 0.05) is 19.5 Å². The summed E-state index contributed by atoms with van der Waals surface area (Å²) in [6.45, 7) is 0.916. The average molecular weight is 336 g/mol. The maximum atomic E-state index is 13.0. The van der Waals surface area contributed by atoms with Gasteiger partial charge in [0.1, 0.15) is 11.6 Å². The molecule has 0 aromatic heterocycles. The third-order valence-electron chi connectivity index (χ3n) is 4.80. The van der Waals surface area contributed by atoms with Crippen molar-refractivity contribution < 1.29 is 27.9 Å². The maximum absolute atomic E-state index is 13.0. The minimum Gasteiger partial charge on any atom is -0.380 e. The summed E-state index contributed by atoms with van der Waals surface area (Å²) < 4.78 is 38.9. The van der Waals surface area contributed by atoms with Gasteiger partial charge in [0.05, 0.1) is 0 Å². The number of piperidine rings is 1. The molecular weight excluding hydrogens is 313 g/mol. The molecule has 8 heteroatoms. The van der Waals surface area contributed by atoms with E-state index >= 15 is 0 Å². The van der Waals surface area contributed by atoms with Crippen molar-refractivity contribution in [2.75, 3.05) is 6.54 Å². The van der Waals surface area contributed by atoms with E-state index in [0.717, 1.165) is 31.1 Å². The first-order valence-corrected chi connectivity index (χ1v) is 8.01. The molecule has 2 amide bonds. The largest absolute Gasteiger partial charge is 0.408 e. The number of hydrogen-bond acceptors (Lipinski definition) is 3. The van der Waals surface area contributed by atoms with Crippen LogP contribution in [-0.4, -0.2) is 52.2 Å². The first-order valence-electron chi connectivity index (χ1n) is 8.01. The topological polar surface area (TPSA) is 69.6 Å². The van der Waals surface area contributed by atoms with E-state index in [1.807, 2.05) is 0 Å². The molecule has 2 N–H and O–H groups in total. The predicted octanol–water partition coefficient (Wildman–Crippen LogP) is 1.74. The average Bonchev–Trinajstić information content (AvgIpc) is 2.46. The highest BCUT2D eigenvalue weighted by molar-refractivity contribution is 5.85. The summed E-state index contributed by atoms with van der Waals surface area (Å²) in [6, 6.07) is -2.36. The highest BCUT2D eigenvalue weighted by Crippen LogP contribution is 2.33. The first-order chi connectivity index (χ1) is 10.6. The van der Waals surface area contributed by atoms with Gasteiger partial charge in [-0.25, -0.2) is 0 Å². The van der Waals surface area contributed by atoms with Crippen LogP contribution in [0.1, 0.15) is 51.9 Å². The van der Waals surface area contributed by atoms with E-state index in [2.05, 4.69) is 5.32 Å². The molecule has 2 unspecified atom stereocenters. The van der Waals surface area contributed by atoms with Crippen LogP contribution >= 0.6 is 0 Å². The monoisotopic (exact) mass is 336 g/mol. The van der Waals surface area contributed by atoms with Crippen LogP contribution in [0.15, 0.2) is 0 Å². The van der Waals surface area contributed by atoms with E-state index in [0.29, 0.717) is 12.8 Å². The normalized spacial score (nSPS) is 28.3. The van der Waals surface area contributed by atoms with E-state index < -0.39 is 35.7 Å². The van der Waals surface area contributed by atoms with E-state index in [-0.39, 0.29) is 19.4 Å². The van der Waals surface area contributed by atoms with Crippen LogP contribution in [0.5, 0.6) is 0 Å². The van der Waals surface area contributed by atoms with Crippen LogP contribution < -0.4 is 5.32 Å². The van der Waals surface area contributed by atoms with Gasteiger partial charge in [0.2, 0.25) is 5.91 Å². The molecule has 2 aliphatic rings. The van der Waals surface area contributed by atoms with Crippen LogP contribution in [-0.2, 0) is 9.59 Å². The van der Waals surface area contributed by atoms with Gasteiger partial charge in [-0.2, -0.15) is 13.2 Å². The standard InChI is InChI=1S/C15H23F3N2O3/c1-10(21)20-9-11(5-6-12(20)15(16,17)18)19-13(22)14(23)7-3-2-4-8-14/h11-12,23H,2-9H2,1H3,(H,19,22). The summed E-state index contributed by atoms with van der Waals surface area (Å²) in [5.74, 6) is -1.20. The minimum atomic E-state index is -4.47. The third-order valence-corrected chi connectivity index (χ3v) is 4.80. The van der Waals surface area contributed by atoms with E-state index in [4.69, 9.17) is 0 Å². The molecule has 2 rings (SSSR count). The van der Waals surface area contributed by atoms with Gasteiger partial charge in [-0.15, -0.1) is 0 Å². The molecule has 23 heavy (non-hydrogen) atoms. The number of carbonyl (C=O) groups is 2. The summed E-state index contributed by atoms with van der Waals surface area (Å²) in [4.78, 5) is 24.5. The highest BCUT2D eigenvalue weighted by atomic mass is 19.4. The van der Waals surface area contributed by atoms with Crippen LogP contribution in [0.4, 0.5) is 13.2 Å². The molecule has 0 aromatic rings. The number of nitrogens with one attached hydrogen (secondary N) is 1. The lowest BCUT2D eigenvalue weighted by atomic mass is 9.84. The summed E-state index contributed by atoms with van der Waals surface area (Å²) in [5, 5.41) is 13.0. The molecule has 1 saturated heterocycles. The fourth-order valence-electron chi connectivity index (χ4n) is 3.46. The van der Waals surface area contributed by atoms with Crippen molar-refractivity contribution in [1.82, 2.24) is 10.2 Å². The number of amides is 2. The zero-order chi connectivity index (χ0) is 17.3. The Morgan fingerprint density at radius 3 is 2.30 bits per heavy atom. The van der Waals surface area contributed by atoms with Gasteiger partial charge in [0.25, 0.3) is 5.91 Å². The van der Waals surface area contributed by atoms with Gasteiger partial charge in [-0.05, 0) is 25.7 Å². The molecule has 5 nitrogen and oxygen atoms in total. The van der Waals surface area contributed by atoms with Gasteiger partial charge < -0.3 is 15.3 Å². The quantitative estimate of drug-likeness (QED) is 0.807. The lowest BCUT2D eigenvalue weighted by molar-refractivity contribution is -0.196. The number of carbonyl (C=O) groups excluding carboxylic acids is 2. The fourth-order valence-corrected chi connectivity index (χ4v) is 3.46. The Kier molecular flexibility index (Phi) is 5.23. The fraction of sp³-hybridized carbons (Fsp3) is 0.867. The number of alkyl halides is 3. The van der Waals surface area contributed by atoms with E-state index in [9.17, 15) is 27.9 Å². The zero-order valence-corrected chi connectivity index (χ0v) is 13.2. The van der Waals surface area contributed by atoms with Gasteiger partial charge in [-0.3, -0.25) is 9.59 Å². The Labute approximate surface area is 133 Å². The zero-order valence-electron chi connectivity index (χ0n) is 13.2. The second kappa shape index (κ2) is 6.67. The Morgan fingerprint density at radius 1 is 1.17 bits per heavy atom. The molecule has 132 valence electrons. The smallest absolute Gasteiger partial charge is 0.380 e. The lowest BCUT2D eigenvalue weighted by Crippen LogP contribution is -2.60. The lowest BCUT2D eigenvalue weighted by Gasteiger charge is -2.41. The van der Waals surface area contributed by atoms with Crippen molar-refractivity contribution in [2.45, 2.75) is 75.7 Å². The number of hydrogen-bond donors (Lipinski definition) is 2. The highest BCUT2D eigenvalue weighted by Gasteiger charge is 2.48. The Balaban J connectivity index is 2.00. The molecule has 2 fully saturated rings. The first kappa shape index (κ1) is 18.0. The maximum Gasteiger partial charge on any atom is 0.408 e. The summed E-state index contributed by atoms with van der Waals surface area (Å²) in [5.41, 5.74) is -1.43. The van der Waals surface area contributed by atoms with Crippen LogP contribution in [0.3, 0.4) is 0 Å². The van der Waals surface area contributed by atoms with Gasteiger partial charge >= 0.3 is 6.18 Å². The van der Waals surface area contributed by atoms with E-state index in [1.54, 1.807) is 0 Å². The molecule has 0 radical (unpaired) electrons. The Morgan fingerprint density at radius 2 is 1.78 bits per heavy atom. The number of halogens is 3. The molecule has 1 aliphatic carbocycles. The number of aliphatic hydroxyl groups is 1. The summed E-state index contributed by atoms with van der Waals surface area (Å²) in [6.07, 6.45) is -1.37. The summed E-state index contributed by atoms with van der Waals surface area (Å²) in [7, 11) is 0. The predicted molar refractivity (Wildman–Crippen MR) is 76.4 cm³/mol. The van der Waals surface area contributed by atoms with Crippen molar-refractivity contribution in [3.63, 3.8) is 0 Å². The van der Waals surface area contributed by atoms with E-state index in [1.165, 1.54) is 0 Å². The molecule has 0 aromatic carbocycles. The molecular formula is C15H23F3N2O3. The minimum absolute atomic E-state index is 0.135. The van der Waals surface area contributed by atoms with Crippen molar-refractivity contribution in [3.8, 4) is 0 Å². The van der Waals surface area contributed by atoms with Crippen molar-refractivity contribution in [3.05, 3.63) is 0 Å². The van der Waals surface area contributed by atoms with Crippen molar-refractivity contribution in [1.29, 1.82) is 0 Å². The second-order valence-electron chi connectivity index (χ2n) is 6.57. The third kappa shape index (κ3) is 4.16. The SMILES string of the molecule is CC(=O)N1CC(NC(=O)C2(O)CCCCC2)CCC1C(F)(F)F. The Hall–Kier alpha value is -1.31. The molecule has 1 heterocycles. The Bertz CT molecular complexity index is 461. The van der Waals surface area contributed by atoms with Crippen LogP contribution in [0.25, 0.3) is 0 Å². The van der Waals surface area contributed by atoms with Crippen molar-refractivity contribution in [2.24, 2.45) is 0 Å². The number of likely N-dealkylation sites (tertiary alicyclic amines) is 1. The van der Waals surface area contributed by atoms with Gasteiger partial charge in [0.15, 0.2) is 0 Å². The van der Waals surface area contributed by atoms with Crippen LogP contribution in [0.2, 0.25) is 0 Å². The molecule has 1 aliphatic heterocycles.